The Labute approximate surface area is 271 Å². The number of aryl methyl sites for hydroxylation is 1. The van der Waals surface area contributed by atoms with E-state index < -0.39 is 10.0 Å². The van der Waals surface area contributed by atoms with Crippen molar-refractivity contribution >= 4 is 15.8 Å². The van der Waals surface area contributed by atoms with Gasteiger partial charge in [-0.25, -0.2) is 13.1 Å². The highest BCUT2D eigenvalue weighted by Crippen LogP contribution is 2.64. The third-order valence-corrected chi connectivity index (χ3v) is 14.8. The van der Waals surface area contributed by atoms with Gasteiger partial charge in [0, 0.05) is 38.0 Å². The van der Waals surface area contributed by atoms with Gasteiger partial charge in [0.05, 0.1) is 17.5 Å². The largest absolute Gasteiger partial charge is 0.369 e. The number of ether oxygens (including phenoxy) is 1. The molecule has 1 spiro atoms. The molecule has 9 atom stereocenters. The maximum absolute atomic E-state index is 12.8. The van der Waals surface area contributed by atoms with Crippen molar-refractivity contribution in [1.82, 2.24) is 9.62 Å². The summed E-state index contributed by atoms with van der Waals surface area (Å²) >= 11 is 0. The predicted molar refractivity (Wildman–Crippen MR) is 179 cm³/mol. The van der Waals surface area contributed by atoms with Crippen molar-refractivity contribution < 1.29 is 17.9 Å². The molecule has 1 unspecified atom stereocenters. The third kappa shape index (κ3) is 5.83. The van der Waals surface area contributed by atoms with Crippen LogP contribution < -0.4 is 4.72 Å². The van der Waals surface area contributed by atoms with E-state index in [4.69, 9.17) is 4.74 Å². The number of carbonyl (C=O) groups excluding carboxylic acids is 1. The van der Waals surface area contributed by atoms with E-state index in [2.05, 4.69) is 37.3 Å². The normalized spacial score (nSPS) is 40.0. The minimum atomic E-state index is -3.34. The molecule has 45 heavy (non-hydrogen) atoms. The number of likely N-dealkylation sites (tertiary alicyclic amines) is 1. The summed E-state index contributed by atoms with van der Waals surface area (Å²) in [4.78, 5) is 14.8. The Morgan fingerprint density at radius 2 is 1.89 bits per heavy atom. The summed E-state index contributed by atoms with van der Waals surface area (Å²) in [6.07, 6.45) is 12.5. The zero-order valence-corrected chi connectivity index (χ0v) is 28.7. The average Bonchev–Trinajstić information content (AvgIpc) is 3.47. The Morgan fingerprint density at radius 3 is 2.69 bits per heavy atom. The lowest BCUT2D eigenvalue weighted by atomic mass is 9.56. The van der Waals surface area contributed by atoms with Crippen molar-refractivity contribution in [3.63, 3.8) is 0 Å². The van der Waals surface area contributed by atoms with E-state index in [9.17, 15) is 13.2 Å². The zero-order valence-electron chi connectivity index (χ0n) is 27.9. The van der Waals surface area contributed by atoms with Crippen LogP contribution in [0.25, 0.3) is 0 Å². The fraction of sp³-hybridized carbons (Fsp3) is 0.711. The second-order valence-corrected chi connectivity index (χ2v) is 17.9. The topological polar surface area (TPSA) is 75.7 Å². The number of rotatable bonds is 7. The highest BCUT2D eigenvalue weighted by molar-refractivity contribution is 7.89. The maximum Gasteiger partial charge on any atom is 0.211 e. The predicted octanol–water partition coefficient (Wildman–Crippen LogP) is 6.47. The monoisotopic (exact) mass is 634 g/mol. The van der Waals surface area contributed by atoms with Crippen molar-refractivity contribution in [3.8, 4) is 0 Å². The van der Waals surface area contributed by atoms with E-state index in [1.807, 2.05) is 36.4 Å². The SMILES string of the molecule is CC1=C2C[C@H]3[C@@H](CCC4=CC(=O)CC[C@@]43C)[C@@H]2CC[C@@]2(C1)O[C@@H]1C[C@H](C)CN(CCNS(=O)(=O)CCc3ccccc3)C1[C@H]2C. The van der Waals surface area contributed by atoms with Crippen LogP contribution in [0.4, 0.5) is 0 Å². The first-order valence-electron chi connectivity index (χ1n) is 17.8. The summed E-state index contributed by atoms with van der Waals surface area (Å²) in [5.74, 6) is 3.44. The zero-order chi connectivity index (χ0) is 31.6. The van der Waals surface area contributed by atoms with Crippen molar-refractivity contribution in [3.05, 3.63) is 58.7 Å². The number of fused-ring (bicyclic) bond motifs is 6. The first kappa shape index (κ1) is 31.8. The molecule has 1 aromatic carbocycles. The molecule has 0 amide bonds. The van der Waals surface area contributed by atoms with Gasteiger partial charge in [-0.2, -0.15) is 0 Å². The number of ketones is 1. The van der Waals surface area contributed by atoms with Crippen LogP contribution in [0.2, 0.25) is 0 Å². The Hall–Kier alpha value is -1.80. The molecule has 0 aromatic heterocycles. The lowest BCUT2D eigenvalue weighted by Gasteiger charge is -2.48. The number of hydrogen-bond donors (Lipinski definition) is 1. The molecule has 2 saturated carbocycles. The third-order valence-electron chi connectivity index (χ3n) is 13.4. The quantitative estimate of drug-likeness (QED) is 0.348. The highest BCUT2D eigenvalue weighted by atomic mass is 32.2. The molecule has 2 aliphatic heterocycles. The van der Waals surface area contributed by atoms with E-state index in [0.717, 1.165) is 56.7 Å². The molecule has 4 fully saturated rings. The molecule has 6 aliphatic rings. The number of carbonyl (C=O) groups is 1. The molecule has 7 rings (SSSR count). The minimum absolute atomic E-state index is 0.119. The molecule has 0 bridgehead atoms. The van der Waals surface area contributed by atoms with Gasteiger partial charge in [0.25, 0.3) is 0 Å². The van der Waals surface area contributed by atoms with Gasteiger partial charge < -0.3 is 4.74 Å². The van der Waals surface area contributed by atoms with Crippen molar-refractivity contribution in [1.29, 1.82) is 0 Å². The van der Waals surface area contributed by atoms with Crippen molar-refractivity contribution in [2.75, 3.05) is 25.4 Å². The van der Waals surface area contributed by atoms with Crippen LogP contribution in [-0.4, -0.2) is 62.2 Å². The van der Waals surface area contributed by atoms with Crippen LogP contribution in [0.1, 0.15) is 91.0 Å². The van der Waals surface area contributed by atoms with Gasteiger partial charge in [0.15, 0.2) is 5.78 Å². The van der Waals surface area contributed by atoms with Crippen molar-refractivity contribution in [2.24, 2.45) is 35.0 Å². The number of benzene rings is 1. The van der Waals surface area contributed by atoms with Crippen LogP contribution in [0.15, 0.2) is 53.1 Å². The van der Waals surface area contributed by atoms with Gasteiger partial charge in [-0.3, -0.25) is 9.69 Å². The first-order valence-corrected chi connectivity index (χ1v) is 19.5. The summed E-state index contributed by atoms with van der Waals surface area (Å²) in [6.45, 7) is 11.8. The molecular weight excluding hydrogens is 580 g/mol. The molecule has 6 nitrogen and oxygen atoms in total. The van der Waals surface area contributed by atoms with E-state index in [1.165, 1.54) is 24.8 Å². The van der Waals surface area contributed by atoms with Crippen LogP contribution >= 0.6 is 0 Å². The lowest BCUT2D eigenvalue weighted by Crippen LogP contribution is -2.53. The molecule has 1 aromatic rings. The van der Waals surface area contributed by atoms with Crippen molar-refractivity contribution in [2.45, 2.75) is 110 Å². The van der Waals surface area contributed by atoms with Gasteiger partial charge in [-0.05, 0) is 105 Å². The standard InChI is InChI=1S/C38H54N2O4S/c1-25-20-35-36(40(24-25)18-17-39-45(42,43)19-14-28-8-6-5-7-9-28)27(3)38(44-35)16-13-31-32-11-10-29-21-30(41)12-15-37(29,4)34(32)22-33(31)26(2)23-38/h5-9,21,25,27,31-32,34-36,39H,10-20,22-24H2,1-4H3/t25-,27+,31-,32-,34-,35+,36?,37-,38-/m0/s1. The molecule has 1 N–H and O–H groups in total. The summed E-state index contributed by atoms with van der Waals surface area (Å²) in [7, 11) is -3.34. The summed E-state index contributed by atoms with van der Waals surface area (Å²) in [6, 6.07) is 10.2. The number of piperidine rings is 1. The van der Waals surface area contributed by atoms with E-state index >= 15 is 0 Å². The van der Waals surface area contributed by atoms with Crippen LogP contribution in [0.5, 0.6) is 0 Å². The van der Waals surface area contributed by atoms with Crippen LogP contribution in [0.3, 0.4) is 0 Å². The molecule has 246 valence electrons. The Morgan fingerprint density at radius 1 is 1.09 bits per heavy atom. The van der Waals surface area contributed by atoms with E-state index in [-0.39, 0.29) is 22.9 Å². The number of sulfonamides is 1. The first-order chi connectivity index (χ1) is 21.5. The molecule has 2 heterocycles. The molecule has 2 saturated heterocycles. The number of nitrogens with zero attached hydrogens (tertiary/aromatic N) is 1. The Kier molecular flexibility index (Phi) is 8.49. The van der Waals surface area contributed by atoms with E-state index in [1.54, 1.807) is 11.1 Å². The van der Waals surface area contributed by atoms with Gasteiger partial charge in [-0.15, -0.1) is 0 Å². The second kappa shape index (κ2) is 12.0. The molecule has 4 aliphatic carbocycles. The van der Waals surface area contributed by atoms with Crippen LogP contribution in [0, 0.1) is 35.0 Å². The lowest BCUT2D eigenvalue weighted by molar-refractivity contribution is -0.116. The molecular formula is C38H54N2O4S. The van der Waals surface area contributed by atoms with Crippen LogP contribution in [-0.2, 0) is 26.0 Å². The Balaban J connectivity index is 1.03. The van der Waals surface area contributed by atoms with Gasteiger partial charge >= 0.3 is 0 Å². The maximum atomic E-state index is 12.8. The summed E-state index contributed by atoms with van der Waals surface area (Å²) in [5.41, 5.74) is 5.85. The summed E-state index contributed by atoms with van der Waals surface area (Å²) < 4.78 is 35.9. The fourth-order valence-corrected chi connectivity index (χ4v) is 12.1. The van der Waals surface area contributed by atoms with Gasteiger partial charge in [-0.1, -0.05) is 67.8 Å². The highest BCUT2D eigenvalue weighted by Gasteiger charge is 2.59. The molecule has 0 radical (unpaired) electrons. The Bertz CT molecular complexity index is 1470. The fourth-order valence-electron chi connectivity index (χ4n) is 11.1. The average molecular weight is 635 g/mol. The number of nitrogens with one attached hydrogen (secondary N) is 1. The molecule has 7 heteroatoms. The van der Waals surface area contributed by atoms with Gasteiger partial charge in [0.2, 0.25) is 10.0 Å². The smallest absolute Gasteiger partial charge is 0.211 e. The second-order valence-electron chi connectivity index (χ2n) is 16.0. The van der Waals surface area contributed by atoms with Gasteiger partial charge in [0.1, 0.15) is 0 Å². The number of allylic oxidation sites excluding steroid dienone is 3. The van der Waals surface area contributed by atoms with E-state index in [0.29, 0.717) is 54.9 Å². The summed E-state index contributed by atoms with van der Waals surface area (Å²) in [5, 5.41) is 0. The number of hydrogen-bond acceptors (Lipinski definition) is 5. The minimum Gasteiger partial charge on any atom is -0.369 e.